The van der Waals surface area contributed by atoms with Gasteiger partial charge in [0.25, 0.3) is 0 Å². The highest BCUT2D eigenvalue weighted by Crippen LogP contribution is 2.36. The number of hydrogen-bond acceptors (Lipinski definition) is 6. The van der Waals surface area contributed by atoms with Crippen molar-refractivity contribution in [3.05, 3.63) is 54.2 Å². The van der Waals surface area contributed by atoms with Crippen LogP contribution < -0.4 is 10.6 Å². The number of anilines is 3. The topological polar surface area (TPSA) is 85.9 Å². The number of aromatic amines is 1. The Morgan fingerprint density at radius 1 is 0.871 bits per heavy atom. The minimum absolute atomic E-state index is 0.160. The van der Waals surface area contributed by atoms with Crippen LogP contribution in [-0.4, -0.2) is 32.4 Å². The molecule has 2 aromatic heterocycles. The molecular formula is C24H29N5OS. The van der Waals surface area contributed by atoms with Crippen molar-refractivity contribution in [2.75, 3.05) is 10.6 Å². The van der Waals surface area contributed by atoms with E-state index in [1.807, 2.05) is 6.07 Å². The van der Waals surface area contributed by atoms with Gasteiger partial charge in [-0.2, -0.15) is 5.10 Å². The summed E-state index contributed by atoms with van der Waals surface area (Å²) >= 11 is 1.72. The van der Waals surface area contributed by atoms with Crippen molar-refractivity contribution in [1.82, 2.24) is 15.2 Å². The predicted molar refractivity (Wildman–Crippen MR) is 125 cm³/mol. The zero-order chi connectivity index (χ0) is 21.0. The van der Waals surface area contributed by atoms with Crippen molar-refractivity contribution in [2.45, 2.75) is 72.8 Å². The summed E-state index contributed by atoms with van der Waals surface area (Å²) in [5.74, 6) is 3.07. The van der Waals surface area contributed by atoms with Gasteiger partial charge in [-0.1, -0.05) is 36.4 Å². The van der Waals surface area contributed by atoms with Crippen molar-refractivity contribution in [3.8, 4) is 0 Å². The fourth-order valence-corrected chi connectivity index (χ4v) is 5.12. The molecule has 2 aliphatic rings. The van der Waals surface area contributed by atoms with Gasteiger partial charge in [-0.15, -0.1) is 0 Å². The number of nitrogens with one attached hydrogen (secondary N) is 3. The second-order valence-corrected chi connectivity index (χ2v) is 9.75. The molecule has 2 saturated carbocycles. The van der Waals surface area contributed by atoms with Gasteiger partial charge in [-0.25, -0.2) is 4.98 Å². The van der Waals surface area contributed by atoms with Crippen LogP contribution in [-0.2, 0) is 0 Å². The largest absolute Gasteiger partial charge is 0.393 e. The van der Waals surface area contributed by atoms with Crippen LogP contribution in [0.1, 0.15) is 56.6 Å². The van der Waals surface area contributed by atoms with Crippen LogP contribution in [0.3, 0.4) is 0 Å². The summed E-state index contributed by atoms with van der Waals surface area (Å²) in [6.07, 6.45) is 7.25. The monoisotopic (exact) mass is 435 g/mol. The summed E-state index contributed by atoms with van der Waals surface area (Å²) in [5, 5.41) is 24.4. The van der Waals surface area contributed by atoms with Gasteiger partial charge in [-0.05, 0) is 62.8 Å². The van der Waals surface area contributed by atoms with E-state index in [0.717, 1.165) is 48.0 Å². The molecule has 0 aliphatic heterocycles. The highest BCUT2D eigenvalue weighted by Gasteiger charge is 2.22. The van der Waals surface area contributed by atoms with Gasteiger partial charge in [0.2, 0.25) is 0 Å². The molecule has 4 N–H and O–H groups in total. The fraction of sp³-hybridized carbons (Fsp3) is 0.417. The Bertz CT molecular complexity index is 996. The molecule has 3 aromatic rings. The first kappa shape index (κ1) is 20.4. The summed E-state index contributed by atoms with van der Waals surface area (Å²) in [4.78, 5) is 7.13. The molecule has 0 saturated heterocycles. The van der Waals surface area contributed by atoms with E-state index in [2.05, 4.69) is 63.3 Å². The Hall–Kier alpha value is -2.51. The van der Waals surface area contributed by atoms with Crippen molar-refractivity contribution in [3.63, 3.8) is 0 Å². The Morgan fingerprint density at radius 2 is 1.65 bits per heavy atom. The fourth-order valence-electron chi connectivity index (χ4n) is 4.22. The summed E-state index contributed by atoms with van der Waals surface area (Å²) in [6, 6.07) is 17.0. The van der Waals surface area contributed by atoms with Crippen molar-refractivity contribution in [2.24, 2.45) is 0 Å². The minimum Gasteiger partial charge on any atom is -0.393 e. The third-order valence-corrected chi connectivity index (χ3v) is 7.20. The zero-order valence-corrected chi connectivity index (χ0v) is 18.4. The molecule has 1 aromatic carbocycles. The number of aliphatic hydroxyl groups excluding tert-OH is 1. The van der Waals surface area contributed by atoms with E-state index in [1.54, 1.807) is 11.8 Å². The Kier molecular flexibility index (Phi) is 6.13. The lowest BCUT2D eigenvalue weighted by Gasteiger charge is -2.27. The third kappa shape index (κ3) is 5.22. The first-order valence-corrected chi connectivity index (χ1v) is 12.0. The maximum Gasteiger partial charge on any atom is 0.153 e. The Balaban J connectivity index is 1.36. The first-order chi connectivity index (χ1) is 15.2. The van der Waals surface area contributed by atoms with Gasteiger partial charge in [0.1, 0.15) is 11.6 Å². The standard InChI is InChI=1S/C24H29N5OS/c30-18-11-9-17(10-12-18)25-22-13-20(31-19-7-2-1-3-8-19)14-23(26-22)27-24-15-21(28-29-24)16-5-4-6-16/h1-3,7-8,13-18,30H,4-6,9-12H2,(H3,25,26,27,28,29). The van der Waals surface area contributed by atoms with Crippen LogP contribution >= 0.6 is 11.8 Å². The van der Waals surface area contributed by atoms with Crippen LogP contribution in [0.2, 0.25) is 0 Å². The number of hydrogen-bond donors (Lipinski definition) is 4. The molecule has 0 amide bonds. The highest BCUT2D eigenvalue weighted by atomic mass is 32.2. The van der Waals surface area contributed by atoms with Crippen LogP contribution in [0.5, 0.6) is 0 Å². The van der Waals surface area contributed by atoms with E-state index in [9.17, 15) is 5.11 Å². The summed E-state index contributed by atoms with van der Waals surface area (Å²) in [5.41, 5.74) is 1.21. The second-order valence-electron chi connectivity index (χ2n) is 8.60. The molecule has 0 bridgehead atoms. The summed E-state index contributed by atoms with van der Waals surface area (Å²) in [6.45, 7) is 0. The normalized spacial score (nSPS) is 21.5. The molecule has 5 rings (SSSR count). The van der Waals surface area contributed by atoms with Crippen molar-refractivity contribution < 1.29 is 5.11 Å². The zero-order valence-electron chi connectivity index (χ0n) is 17.6. The molecule has 2 aliphatic carbocycles. The molecular weight excluding hydrogens is 406 g/mol. The van der Waals surface area contributed by atoms with E-state index < -0.39 is 0 Å². The molecule has 2 heterocycles. The minimum atomic E-state index is -0.160. The van der Waals surface area contributed by atoms with Crippen molar-refractivity contribution >= 4 is 29.2 Å². The van der Waals surface area contributed by atoms with Gasteiger partial charge in [-0.3, -0.25) is 5.10 Å². The molecule has 2 fully saturated rings. The quantitative estimate of drug-likeness (QED) is 0.382. The van der Waals surface area contributed by atoms with E-state index in [-0.39, 0.29) is 6.10 Å². The van der Waals surface area contributed by atoms with Crippen molar-refractivity contribution in [1.29, 1.82) is 0 Å². The summed E-state index contributed by atoms with van der Waals surface area (Å²) < 4.78 is 0. The number of H-pyrrole nitrogens is 1. The molecule has 162 valence electrons. The summed E-state index contributed by atoms with van der Waals surface area (Å²) in [7, 11) is 0. The average molecular weight is 436 g/mol. The van der Waals surface area contributed by atoms with E-state index in [0.29, 0.717) is 12.0 Å². The Morgan fingerprint density at radius 3 is 2.39 bits per heavy atom. The Labute approximate surface area is 187 Å². The number of aliphatic hydroxyl groups is 1. The molecule has 7 heteroatoms. The molecule has 0 atom stereocenters. The molecule has 6 nitrogen and oxygen atoms in total. The highest BCUT2D eigenvalue weighted by molar-refractivity contribution is 7.99. The number of rotatable bonds is 7. The SMILES string of the molecule is OC1CCC(Nc2cc(Sc3ccccc3)cc(Nc3cc(C4CCC4)[nH]n3)n2)CC1. The van der Waals surface area contributed by atoms with Gasteiger partial charge < -0.3 is 15.7 Å². The van der Waals surface area contributed by atoms with Crippen LogP contribution in [0.25, 0.3) is 0 Å². The second kappa shape index (κ2) is 9.32. The van der Waals surface area contributed by atoms with E-state index in [4.69, 9.17) is 4.98 Å². The molecule has 0 radical (unpaired) electrons. The number of pyridine rings is 1. The smallest absolute Gasteiger partial charge is 0.153 e. The van der Waals surface area contributed by atoms with Gasteiger partial charge in [0.15, 0.2) is 5.82 Å². The van der Waals surface area contributed by atoms with E-state index >= 15 is 0 Å². The number of aromatic nitrogens is 3. The average Bonchev–Trinajstić information content (AvgIpc) is 3.16. The van der Waals surface area contributed by atoms with Gasteiger partial charge >= 0.3 is 0 Å². The predicted octanol–water partition coefficient (Wildman–Crippen LogP) is 5.68. The maximum atomic E-state index is 9.81. The lowest BCUT2D eigenvalue weighted by atomic mass is 9.83. The van der Waals surface area contributed by atoms with Gasteiger partial charge in [0, 0.05) is 33.5 Å². The van der Waals surface area contributed by atoms with Crippen LogP contribution in [0.15, 0.2) is 58.3 Å². The molecule has 31 heavy (non-hydrogen) atoms. The van der Waals surface area contributed by atoms with Gasteiger partial charge in [0.05, 0.1) is 6.10 Å². The maximum absolute atomic E-state index is 9.81. The lowest BCUT2D eigenvalue weighted by molar-refractivity contribution is 0.126. The van der Waals surface area contributed by atoms with E-state index in [1.165, 1.54) is 29.9 Å². The number of nitrogens with zero attached hydrogens (tertiary/aromatic N) is 2. The molecule has 0 unspecified atom stereocenters. The van der Waals surface area contributed by atoms with Crippen LogP contribution in [0, 0.1) is 0 Å². The van der Waals surface area contributed by atoms with Crippen LogP contribution in [0.4, 0.5) is 17.5 Å². The lowest BCUT2D eigenvalue weighted by Crippen LogP contribution is -2.28. The number of benzene rings is 1. The first-order valence-electron chi connectivity index (χ1n) is 11.2. The molecule has 0 spiro atoms. The third-order valence-electron chi connectivity index (χ3n) is 6.23.